The van der Waals surface area contributed by atoms with Crippen LogP contribution in [0.4, 0.5) is 0 Å². The summed E-state index contributed by atoms with van der Waals surface area (Å²) in [6, 6.07) is 11.2. The van der Waals surface area contributed by atoms with Crippen LogP contribution in [0.5, 0.6) is 0 Å². The number of hydrogen-bond acceptors (Lipinski definition) is 2. The zero-order valence-electron chi connectivity index (χ0n) is 14.6. The Balaban J connectivity index is 1.58. The second-order valence-corrected chi connectivity index (χ2v) is 7.58. The van der Waals surface area contributed by atoms with Crippen molar-refractivity contribution in [1.82, 2.24) is 14.7 Å². The topological polar surface area (TPSA) is 21.1 Å². The molecule has 0 unspecified atom stereocenters. The van der Waals surface area contributed by atoms with Crippen molar-refractivity contribution in [2.45, 2.75) is 45.1 Å². The molecule has 1 saturated heterocycles. The Morgan fingerprint density at radius 1 is 1.25 bits per heavy atom. The van der Waals surface area contributed by atoms with Crippen molar-refractivity contribution in [3.05, 3.63) is 59.9 Å². The summed E-state index contributed by atoms with van der Waals surface area (Å²) in [4.78, 5) is 2.65. The van der Waals surface area contributed by atoms with Crippen LogP contribution in [0.2, 0.25) is 0 Å². The van der Waals surface area contributed by atoms with Gasteiger partial charge in [0.2, 0.25) is 0 Å². The summed E-state index contributed by atoms with van der Waals surface area (Å²) in [5.74, 6) is 0.677. The van der Waals surface area contributed by atoms with Gasteiger partial charge >= 0.3 is 0 Å². The lowest BCUT2D eigenvalue weighted by atomic mass is 9.73. The average Bonchev–Trinajstić information content (AvgIpc) is 3.31. The normalized spacial score (nSPS) is 23.1. The fourth-order valence-electron chi connectivity index (χ4n) is 4.96. The van der Waals surface area contributed by atoms with E-state index in [0.29, 0.717) is 11.3 Å². The number of benzene rings is 1. The summed E-state index contributed by atoms with van der Waals surface area (Å²) < 4.78 is 1.88. The van der Waals surface area contributed by atoms with E-state index in [1.165, 1.54) is 55.6 Å². The molecule has 24 heavy (non-hydrogen) atoms. The predicted octanol–water partition coefficient (Wildman–Crippen LogP) is 4.45. The molecule has 1 aliphatic carbocycles. The van der Waals surface area contributed by atoms with Gasteiger partial charge in [-0.05, 0) is 30.7 Å². The number of likely N-dealkylation sites (tertiary alicyclic amines) is 1. The molecular weight excluding hydrogens is 294 g/mol. The Bertz CT molecular complexity index is 710. The van der Waals surface area contributed by atoms with Crippen LogP contribution in [0.1, 0.15) is 48.4 Å². The van der Waals surface area contributed by atoms with Crippen LogP contribution in [0.25, 0.3) is 6.20 Å². The second kappa shape index (κ2) is 6.21. The molecule has 2 aliphatic rings. The van der Waals surface area contributed by atoms with E-state index in [1.54, 1.807) is 6.20 Å². The smallest absolute Gasteiger partial charge is 0.0541 e. The van der Waals surface area contributed by atoms with Gasteiger partial charge in [-0.25, -0.2) is 4.68 Å². The standard InChI is InChI=1S/C21H27N3/c1-3-24-17(2)19(13-22-24)14-23-15-20(18-9-5-4-6-10-18)21(16-23)11-7-8-12-21/h3-6,9-10,13,20H,1,7-8,11-12,14-16H2,2H3/t20-/m1/s1. The van der Waals surface area contributed by atoms with Crippen molar-refractivity contribution in [1.29, 1.82) is 0 Å². The van der Waals surface area contributed by atoms with E-state index in [4.69, 9.17) is 0 Å². The van der Waals surface area contributed by atoms with Crippen LogP contribution in [0.15, 0.2) is 43.1 Å². The maximum absolute atomic E-state index is 4.41. The van der Waals surface area contributed by atoms with Crippen LogP contribution in [0, 0.1) is 12.3 Å². The van der Waals surface area contributed by atoms with Crippen molar-refractivity contribution >= 4 is 6.20 Å². The third-order valence-corrected chi connectivity index (χ3v) is 6.23. The minimum Gasteiger partial charge on any atom is -0.298 e. The first-order chi connectivity index (χ1) is 11.7. The predicted molar refractivity (Wildman–Crippen MR) is 98.7 cm³/mol. The highest BCUT2D eigenvalue weighted by molar-refractivity contribution is 5.28. The van der Waals surface area contributed by atoms with E-state index in [0.717, 1.165) is 6.54 Å². The van der Waals surface area contributed by atoms with E-state index in [1.807, 2.05) is 10.9 Å². The summed E-state index contributed by atoms with van der Waals surface area (Å²) in [5.41, 5.74) is 4.56. The SMILES string of the molecule is C=Cn1ncc(CN2C[C@H](c3ccccc3)C3(CCCC3)C2)c1C. The van der Waals surface area contributed by atoms with Crippen LogP contribution in [0.3, 0.4) is 0 Å². The molecule has 2 heterocycles. The molecule has 1 aromatic heterocycles. The Kier molecular flexibility index (Phi) is 4.05. The first-order valence-electron chi connectivity index (χ1n) is 9.15. The zero-order chi connectivity index (χ0) is 16.6. The van der Waals surface area contributed by atoms with Crippen molar-refractivity contribution in [3.8, 4) is 0 Å². The molecule has 4 rings (SSSR count). The first kappa shape index (κ1) is 15.6. The summed E-state index contributed by atoms with van der Waals surface area (Å²) in [7, 11) is 0. The lowest BCUT2D eigenvalue weighted by molar-refractivity contribution is 0.247. The van der Waals surface area contributed by atoms with Gasteiger partial charge in [-0.1, -0.05) is 49.8 Å². The van der Waals surface area contributed by atoms with Crippen molar-refractivity contribution in [2.75, 3.05) is 13.1 Å². The monoisotopic (exact) mass is 321 g/mol. The molecule has 0 amide bonds. The van der Waals surface area contributed by atoms with E-state index in [-0.39, 0.29) is 0 Å². The van der Waals surface area contributed by atoms with Gasteiger partial charge in [-0.3, -0.25) is 4.90 Å². The van der Waals surface area contributed by atoms with Gasteiger partial charge in [0.15, 0.2) is 0 Å². The summed E-state index contributed by atoms with van der Waals surface area (Å²) in [6.45, 7) is 9.37. The van der Waals surface area contributed by atoms with E-state index < -0.39 is 0 Å². The number of aromatic nitrogens is 2. The van der Waals surface area contributed by atoms with Crippen LogP contribution < -0.4 is 0 Å². The number of rotatable bonds is 4. The number of hydrogen-bond donors (Lipinski definition) is 0. The highest BCUT2D eigenvalue weighted by Crippen LogP contribution is 2.53. The minimum absolute atomic E-state index is 0.490. The average molecular weight is 321 g/mol. The van der Waals surface area contributed by atoms with Crippen LogP contribution >= 0.6 is 0 Å². The maximum atomic E-state index is 4.41. The van der Waals surface area contributed by atoms with Gasteiger partial charge in [0, 0.05) is 43.0 Å². The Morgan fingerprint density at radius 2 is 2.00 bits per heavy atom. The lowest BCUT2D eigenvalue weighted by Crippen LogP contribution is -2.26. The van der Waals surface area contributed by atoms with Gasteiger partial charge in [0.25, 0.3) is 0 Å². The summed E-state index contributed by atoms with van der Waals surface area (Å²) >= 11 is 0. The fourth-order valence-corrected chi connectivity index (χ4v) is 4.96. The molecule has 3 heteroatoms. The third kappa shape index (κ3) is 2.61. The summed E-state index contributed by atoms with van der Waals surface area (Å²) in [6.07, 6.45) is 9.35. The molecule has 1 saturated carbocycles. The molecule has 1 aliphatic heterocycles. The third-order valence-electron chi connectivity index (χ3n) is 6.23. The van der Waals surface area contributed by atoms with Gasteiger partial charge in [-0.15, -0.1) is 0 Å². The molecule has 3 nitrogen and oxygen atoms in total. The molecule has 2 aromatic rings. The highest BCUT2D eigenvalue weighted by atomic mass is 15.3. The molecular formula is C21H27N3. The van der Waals surface area contributed by atoms with E-state index in [2.05, 4.69) is 53.8 Å². The molecule has 0 bridgehead atoms. The first-order valence-corrected chi connectivity index (χ1v) is 9.15. The van der Waals surface area contributed by atoms with Crippen molar-refractivity contribution in [2.24, 2.45) is 5.41 Å². The van der Waals surface area contributed by atoms with Crippen LogP contribution in [-0.4, -0.2) is 27.8 Å². The Labute approximate surface area is 145 Å². The molecule has 1 spiro atoms. The van der Waals surface area contributed by atoms with Crippen molar-refractivity contribution < 1.29 is 0 Å². The van der Waals surface area contributed by atoms with E-state index in [9.17, 15) is 0 Å². The molecule has 0 radical (unpaired) electrons. The number of nitrogens with zero attached hydrogens (tertiary/aromatic N) is 3. The molecule has 2 fully saturated rings. The molecule has 1 aromatic carbocycles. The van der Waals surface area contributed by atoms with Crippen LogP contribution in [-0.2, 0) is 6.54 Å². The molecule has 126 valence electrons. The molecule has 1 atom stereocenters. The van der Waals surface area contributed by atoms with Gasteiger partial charge in [-0.2, -0.15) is 5.10 Å². The Morgan fingerprint density at radius 3 is 2.67 bits per heavy atom. The zero-order valence-corrected chi connectivity index (χ0v) is 14.6. The van der Waals surface area contributed by atoms with Gasteiger partial charge in [0.1, 0.15) is 0 Å². The Hall–Kier alpha value is -1.87. The quantitative estimate of drug-likeness (QED) is 0.829. The molecule has 0 N–H and O–H groups in total. The minimum atomic E-state index is 0.490. The van der Waals surface area contributed by atoms with Gasteiger partial charge in [0.05, 0.1) is 6.20 Å². The highest BCUT2D eigenvalue weighted by Gasteiger charge is 2.48. The summed E-state index contributed by atoms with van der Waals surface area (Å²) in [5, 5.41) is 4.41. The van der Waals surface area contributed by atoms with Gasteiger partial charge < -0.3 is 0 Å². The second-order valence-electron chi connectivity index (χ2n) is 7.58. The maximum Gasteiger partial charge on any atom is 0.0541 e. The van der Waals surface area contributed by atoms with E-state index >= 15 is 0 Å². The largest absolute Gasteiger partial charge is 0.298 e. The fraction of sp³-hybridized carbons (Fsp3) is 0.476. The lowest BCUT2D eigenvalue weighted by Gasteiger charge is -2.30. The van der Waals surface area contributed by atoms with Crippen molar-refractivity contribution in [3.63, 3.8) is 0 Å².